The highest BCUT2D eigenvalue weighted by Crippen LogP contribution is 2.35. The molecule has 2 N–H and O–H groups in total. The van der Waals surface area contributed by atoms with E-state index >= 15 is 0 Å². The first-order valence-corrected chi connectivity index (χ1v) is 10.3. The second kappa shape index (κ2) is 9.46. The van der Waals surface area contributed by atoms with Gasteiger partial charge >= 0.3 is 6.01 Å². The summed E-state index contributed by atoms with van der Waals surface area (Å²) in [5, 5.41) is 11.7. The number of nitrogens with zero attached hydrogens (tertiary/aromatic N) is 4. The first-order chi connectivity index (χ1) is 15.4. The number of benzene rings is 2. The maximum atomic E-state index is 14.1. The smallest absolute Gasteiger partial charge is 0.326 e. The lowest BCUT2D eigenvalue weighted by molar-refractivity contribution is 0.404. The standard InChI is InChI=1S/C22H21ClF2N6O/c1-31(2)11-5-10-26-20-18-19(14-6-3-4-7-15(14)23)29-30-21(18)28-22(27-20)32-17-9-8-13(24)12-16(17)25/h3-4,6-9,12H,5,10-11H2,1-2H3,(H2,26,27,28,29,30). The van der Waals surface area contributed by atoms with Crippen LogP contribution in [0.4, 0.5) is 14.6 Å². The van der Waals surface area contributed by atoms with E-state index in [1.807, 2.05) is 32.3 Å². The van der Waals surface area contributed by atoms with E-state index in [2.05, 4.69) is 30.4 Å². The van der Waals surface area contributed by atoms with Crippen LogP contribution in [0.15, 0.2) is 42.5 Å². The van der Waals surface area contributed by atoms with Crippen LogP contribution in [-0.4, -0.2) is 52.3 Å². The van der Waals surface area contributed by atoms with Crippen LogP contribution in [-0.2, 0) is 0 Å². The van der Waals surface area contributed by atoms with Crippen LogP contribution < -0.4 is 10.1 Å². The van der Waals surface area contributed by atoms with Gasteiger partial charge in [0.2, 0.25) is 0 Å². The molecule has 4 aromatic rings. The third-order valence-corrected chi connectivity index (χ3v) is 5.04. The van der Waals surface area contributed by atoms with Crippen LogP contribution in [0.25, 0.3) is 22.3 Å². The Kier molecular flexibility index (Phi) is 6.48. The highest BCUT2D eigenvalue weighted by atomic mass is 35.5. The van der Waals surface area contributed by atoms with Crippen molar-refractivity contribution in [2.75, 3.05) is 32.5 Å². The predicted molar refractivity (Wildman–Crippen MR) is 120 cm³/mol. The number of aromatic amines is 1. The van der Waals surface area contributed by atoms with Crippen molar-refractivity contribution < 1.29 is 13.5 Å². The molecule has 4 rings (SSSR count). The average molecular weight is 459 g/mol. The van der Waals surface area contributed by atoms with E-state index in [1.165, 1.54) is 6.07 Å². The fourth-order valence-electron chi connectivity index (χ4n) is 3.20. The third kappa shape index (κ3) is 4.79. The Balaban J connectivity index is 1.74. The molecular weight excluding hydrogens is 438 g/mol. The highest BCUT2D eigenvalue weighted by molar-refractivity contribution is 6.33. The van der Waals surface area contributed by atoms with E-state index in [1.54, 1.807) is 6.07 Å². The van der Waals surface area contributed by atoms with Crippen LogP contribution in [0.2, 0.25) is 5.02 Å². The summed E-state index contributed by atoms with van der Waals surface area (Å²) in [6, 6.07) is 10.3. The van der Waals surface area contributed by atoms with E-state index in [0.29, 0.717) is 34.1 Å². The molecule has 166 valence electrons. The summed E-state index contributed by atoms with van der Waals surface area (Å²) in [6.07, 6.45) is 0.862. The van der Waals surface area contributed by atoms with Crippen molar-refractivity contribution in [1.29, 1.82) is 0 Å². The SMILES string of the molecule is CN(C)CCCNc1nc(Oc2ccc(F)cc2F)nc2n[nH]c(-c3ccccc3Cl)c12. The second-order valence-corrected chi connectivity index (χ2v) is 7.80. The number of aromatic nitrogens is 4. The van der Waals surface area contributed by atoms with Crippen molar-refractivity contribution in [1.82, 2.24) is 25.1 Å². The summed E-state index contributed by atoms with van der Waals surface area (Å²) in [7, 11) is 4.00. The zero-order chi connectivity index (χ0) is 22.7. The Morgan fingerprint density at radius 3 is 2.69 bits per heavy atom. The van der Waals surface area contributed by atoms with Crippen molar-refractivity contribution >= 4 is 28.5 Å². The van der Waals surface area contributed by atoms with Crippen LogP contribution in [0, 0.1) is 11.6 Å². The maximum absolute atomic E-state index is 14.1. The van der Waals surface area contributed by atoms with E-state index in [0.717, 1.165) is 30.7 Å². The summed E-state index contributed by atoms with van der Waals surface area (Å²) in [5.41, 5.74) is 1.72. The maximum Gasteiger partial charge on any atom is 0.326 e. The number of anilines is 1. The molecule has 0 aliphatic carbocycles. The number of ether oxygens (including phenoxy) is 1. The molecule has 0 aliphatic heterocycles. The number of hydrogen-bond acceptors (Lipinski definition) is 6. The Morgan fingerprint density at radius 2 is 1.94 bits per heavy atom. The molecule has 0 fully saturated rings. The lowest BCUT2D eigenvalue weighted by atomic mass is 10.1. The number of fused-ring (bicyclic) bond motifs is 1. The molecule has 0 radical (unpaired) electrons. The zero-order valence-corrected chi connectivity index (χ0v) is 18.2. The molecule has 0 amide bonds. The minimum absolute atomic E-state index is 0.115. The molecule has 2 aromatic carbocycles. The molecule has 7 nitrogen and oxygen atoms in total. The molecular formula is C22H21ClF2N6O. The molecule has 0 unspecified atom stereocenters. The van der Waals surface area contributed by atoms with Crippen LogP contribution in [0.5, 0.6) is 11.8 Å². The molecule has 2 heterocycles. The predicted octanol–water partition coefficient (Wildman–Crippen LogP) is 5.11. The van der Waals surface area contributed by atoms with Gasteiger partial charge in [-0.3, -0.25) is 5.10 Å². The Hall–Kier alpha value is -3.30. The van der Waals surface area contributed by atoms with E-state index in [-0.39, 0.29) is 11.8 Å². The van der Waals surface area contributed by atoms with E-state index in [9.17, 15) is 8.78 Å². The molecule has 0 bridgehead atoms. The average Bonchev–Trinajstić information content (AvgIpc) is 3.17. The van der Waals surface area contributed by atoms with Crippen molar-refractivity contribution in [2.45, 2.75) is 6.42 Å². The van der Waals surface area contributed by atoms with E-state index in [4.69, 9.17) is 16.3 Å². The van der Waals surface area contributed by atoms with Crippen molar-refractivity contribution in [3.8, 4) is 23.0 Å². The molecule has 2 aromatic heterocycles. The second-order valence-electron chi connectivity index (χ2n) is 7.39. The number of rotatable bonds is 8. The highest BCUT2D eigenvalue weighted by Gasteiger charge is 2.19. The number of halogens is 3. The first-order valence-electron chi connectivity index (χ1n) is 9.95. The number of H-pyrrole nitrogens is 1. The largest absolute Gasteiger partial charge is 0.421 e. The van der Waals surface area contributed by atoms with Gasteiger partial charge in [0.25, 0.3) is 0 Å². The summed E-state index contributed by atoms with van der Waals surface area (Å²) in [5.74, 6) is -1.28. The van der Waals surface area contributed by atoms with Crippen molar-refractivity contribution in [3.05, 3.63) is 59.1 Å². The monoisotopic (exact) mass is 458 g/mol. The third-order valence-electron chi connectivity index (χ3n) is 4.71. The normalized spacial score (nSPS) is 11.3. The fourth-order valence-corrected chi connectivity index (χ4v) is 3.43. The van der Waals surface area contributed by atoms with Crippen molar-refractivity contribution in [3.63, 3.8) is 0 Å². The van der Waals surface area contributed by atoms with Gasteiger partial charge in [0.15, 0.2) is 17.2 Å². The van der Waals surface area contributed by atoms with Gasteiger partial charge in [-0.25, -0.2) is 8.78 Å². The fraction of sp³-hybridized carbons (Fsp3) is 0.227. The van der Waals surface area contributed by atoms with Gasteiger partial charge in [-0.05, 0) is 45.3 Å². The van der Waals surface area contributed by atoms with Crippen LogP contribution in [0.3, 0.4) is 0 Å². The molecule has 0 aliphatic rings. The van der Waals surface area contributed by atoms with Gasteiger partial charge in [0, 0.05) is 23.2 Å². The summed E-state index contributed by atoms with van der Waals surface area (Å²) < 4.78 is 32.8. The van der Waals surface area contributed by atoms with Gasteiger partial charge in [-0.1, -0.05) is 29.8 Å². The Bertz CT molecular complexity index is 1250. The summed E-state index contributed by atoms with van der Waals surface area (Å²) in [6.45, 7) is 1.51. The molecule has 0 saturated heterocycles. The minimum Gasteiger partial charge on any atom is -0.421 e. The number of hydrogen-bond donors (Lipinski definition) is 2. The Labute approximate surface area is 188 Å². The van der Waals surface area contributed by atoms with Gasteiger partial charge in [-0.15, -0.1) is 0 Å². The van der Waals surface area contributed by atoms with Crippen LogP contribution >= 0.6 is 11.6 Å². The van der Waals surface area contributed by atoms with E-state index < -0.39 is 11.6 Å². The molecule has 0 saturated carbocycles. The topological polar surface area (TPSA) is 79.0 Å². The lowest BCUT2D eigenvalue weighted by Gasteiger charge is -2.12. The molecule has 32 heavy (non-hydrogen) atoms. The van der Waals surface area contributed by atoms with Crippen LogP contribution in [0.1, 0.15) is 6.42 Å². The summed E-state index contributed by atoms with van der Waals surface area (Å²) >= 11 is 6.39. The van der Waals surface area contributed by atoms with Gasteiger partial charge < -0.3 is 15.0 Å². The van der Waals surface area contributed by atoms with Gasteiger partial charge in [0.05, 0.1) is 11.1 Å². The minimum atomic E-state index is -0.854. The lowest BCUT2D eigenvalue weighted by Crippen LogP contribution is -2.16. The molecule has 0 spiro atoms. The molecule has 0 atom stereocenters. The molecule has 10 heteroatoms. The summed E-state index contributed by atoms with van der Waals surface area (Å²) in [4.78, 5) is 10.8. The number of nitrogens with one attached hydrogen (secondary N) is 2. The Morgan fingerprint density at radius 1 is 1.12 bits per heavy atom. The van der Waals surface area contributed by atoms with Crippen molar-refractivity contribution in [2.24, 2.45) is 0 Å². The zero-order valence-electron chi connectivity index (χ0n) is 17.5. The van der Waals surface area contributed by atoms with Gasteiger partial charge in [0.1, 0.15) is 11.6 Å². The van der Waals surface area contributed by atoms with Gasteiger partial charge in [-0.2, -0.15) is 15.1 Å². The first kappa shape index (κ1) is 21.9. The quantitative estimate of drug-likeness (QED) is 0.357.